The fraction of sp³-hybridized carbons (Fsp3) is 1.00. The van der Waals surface area contributed by atoms with E-state index in [-0.39, 0.29) is 0 Å². The fourth-order valence-electron chi connectivity index (χ4n) is 4.26. The highest BCUT2D eigenvalue weighted by Gasteiger charge is 2.45. The zero-order chi connectivity index (χ0) is 12.6. The standard InChI is InChI=1S/C16H30N2/c1-3-7-16(8-9-16)13-18-12-15-6-4-5-10-17(15)11-14(18)2/h14-15H,3-13H2,1-2H3. The molecule has 1 aliphatic carbocycles. The third-order valence-electron chi connectivity index (χ3n) is 5.59. The zero-order valence-electron chi connectivity index (χ0n) is 12.3. The van der Waals surface area contributed by atoms with Crippen molar-refractivity contribution in [2.24, 2.45) is 5.41 Å². The van der Waals surface area contributed by atoms with Crippen molar-refractivity contribution >= 4 is 0 Å². The van der Waals surface area contributed by atoms with Crippen molar-refractivity contribution in [3.05, 3.63) is 0 Å². The highest BCUT2D eigenvalue weighted by atomic mass is 15.3. The van der Waals surface area contributed by atoms with Crippen molar-refractivity contribution in [2.75, 3.05) is 26.2 Å². The number of fused-ring (bicyclic) bond motifs is 1. The Bertz CT molecular complexity index is 285. The van der Waals surface area contributed by atoms with E-state index in [9.17, 15) is 0 Å². The molecule has 2 nitrogen and oxygen atoms in total. The van der Waals surface area contributed by atoms with Crippen LogP contribution in [0.25, 0.3) is 0 Å². The molecule has 0 aromatic carbocycles. The minimum absolute atomic E-state index is 0.736. The monoisotopic (exact) mass is 250 g/mol. The Kier molecular flexibility index (Phi) is 3.68. The molecule has 0 aromatic heterocycles. The maximum absolute atomic E-state index is 2.83. The number of hydrogen-bond donors (Lipinski definition) is 0. The van der Waals surface area contributed by atoms with Crippen LogP contribution >= 0.6 is 0 Å². The van der Waals surface area contributed by atoms with Gasteiger partial charge in [-0.1, -0.05) is 19.8 Å². The minimum Gasteiger partial charge on any atom is -0.298 e. The number of nitrogens with zero attached hydrogens (tertiary/aromatic N) is 2. The molecule has 3 rings (SSSR count). The second kappa shape index (κ2) is 5.13. The normalized spacial score (nSPS) is 36.3. The van der Waals surface area contributed by atoms with Gasteiger partial charge in [-0.3, -0.25) is 9.80 Å². The predicted molar refractivity (Wildman–Crippen MR) is 76.8 cm³/mol. The summed E-state index contributed by atoms with van der Waals surface area (Å²) in [6, 6.07) is 1.67. The molecular weight excluding hydrogens is 220 g/mol. The van der Waals surface area contributed by atoms with E-state index in [2.05, 4.69) is 23.6 Å². The molecule has 3 fully saturated rings. The molecule has 0 radical (unpaired) electrons. The number of piperazine rings is 1. The molecule has 18 heavy (non-hydrogen) atoms. The molecule has 0 bridgehead atoms. The summed E-state index contributed by atoms with van der Waals surface area (Å²) in [6.07, 6.45) is 10.2. The molecule has 0 N–H and O–H groups in total. The molecule has 2 heteroatoms. The smallest absolute Gasteiger partial charge is 0.0223 e. The number of rotatable bonds is 4. The van der Waals surface area contributed by atoms with Crippen LogP contribution in [-0.4, -0.2) is 48.1 Å². The summed E-state index contributed by atoms with van der Waals surface area (Å²) in [5.74, 6) is 0. The van der Waals surface area contributed by atoms with Gasteiger partial charge in [0.1, 0.15) is 0 Å². The largest absolute Gasteiger partial charge is 0.298 e. The van der Waals surface area contributed by atoms with Crippen LogP contribution in [0, 0.1) is 5.41 Å². The van der Waals surface area contributed by atoms with E-state index >= 15 is 0 Å². The van der Waals surface area contributed by atoms with Gasteiger partial charge >= 0.3 is 0 Å². The van der Waals surface area contributed by atoms with Crippen molar-refractivity contribution < 1.29 is 0 Å². The molecule has 2 aliphatic heterocycles. The summed E-state index contributed by atoms with van der Waals surface area (Å²) >= 11 is 0. The molecule has 0 spiro atoms. The van der Waals surface area contributed by atoms with Gasteiger partial charge in [0.05, 0.1) is 0 Å². The van der Waals surface area contributed by atoms with Gasteiger partial charge in [-0.05, 0) is 51.0 Å². The summed E-state index contributed by atoms with van der Waals surface area (Å²) in [4.78, 5) is 5.60. The molecule has 0 aromatic rings. The van der Waals surface area contributed by atoms with Crippen molar-refractivity contribution in [3.63, 3.8) is 0 Å². The third-order valence-corrected chi connectivity index (χ3v) is 5.59. The zero-order valence-corrected chi connectivity index (χ0v) is 12.3. The summed E-state index contributed by atoms with van der Waals surface area (Å²) in [5, 5.41) is 0. The molecule has 3 aliphatic rings. The second-order valence-electron chi connectivity index (χ2n) is 7.17. The van der Waals surface area contributed by atoms with E-state index in [1.54, 1.807) is 0 Å². The summed E-state index contributed by atoms with van der Waals surface area (Å²) in [7, 11) is 0. The van der Waals surface area contributed by atoms with Crippen LogP contribution in [0.4, 0.5) is 0 Å². The van der Waals surface area contributed by atoms with Crippen LogP contribution in [0.3, 0.4) is 0 Å². The Morgan fingerprint density at radius 2 is 2.00 bits per heavy atom. The summed E-state index contributed by atoms with van der Waals surface area (Å²) in [6.45, 7) is 10.2. The number of piperidine rings is 1. The molecule has 2 saturated heterocycles. The molecule has 1 saturated carbocycles. The topological polar surface area (TPSA) is 6.48 Å². The first-order chi connectivity index (χ1) is 8.72. The predicted octanol–water partition coefficient (Wildman–Crippen LogP) is 3.13. The van der Waals surface area contributed by atoms with Crippen LogP contribution in [0.5, 0.6) is 0 Å². The van der Waals surface area contributed by atoms with Gasteiger partial charge in [0, 0.05) is 31.7 Å². The van der Waals surface area contributed by atoms with Crippen LogP contribution < -0.4 is 0 Å². The Morgan fingerprint density at radius 3 is 2.72 bits per heavy atom. The van der Waals surface area contributed by atoms with Gasteiger partial charge in [0.15, 0.2) is 0 Å². The van der Waals surface area contributed by atoms with Crippen molar-refractivity contribution in [1.82, 2.24) is 9.80 Å². The Hall–Kier alpha value is -0.0800. The van der Waals surface area contributed by atoms with Crippen molar-refractivity contribution in [2.45, 2.75) is 70.9 Å². The second-order valence-corrected chi connectivity index (χ2v) is 7.17. The fourth-order valence-corrected chi connectivity index (χ4v) is 4.26. The highest BCUT2D eigenvalue weighted by Crippen LogP contribution is 2.50. The molecule has 104 valence electrons. The van der Waals surface area contributed by atoms with E-state index in [4.69, 9.17) is 0 Å². The van der Waals surface area contributed by atoms with Gasteiger partial charge in [-0.25, -0.2) is 0 Å². The lowest BCUT2D eigenvalue weighted by Gasteiger charge is -2.48. The van der Waals surface area contributed by atoms with Crippen molar-refractivity contribution in [1.29, 1.82) is 0 Å². The maximum Gasteiger partial charge on any atom is 0.0223 e. The Morgan fingerprint density at radius 1 is 1.17 bits per heavy atom. The quantitative estimate of drug-likeness (QED) is 0.756. The van der Waals surface area contributed by atoms with E-state index in [1.807, 2.05) is 0 Å². The van der Waals surface area contributed by atoms with Gasteiger partial charge in [-0.2, -0.15) is 0 Å². The summed E-state index contributed by atoms with van der Waals surface area (Å²) in [5.41, 5.74) is 0.736. The van der Waals surface area contributed by atoms with Crippen LogP contribution in [0.2, 0.25) is 0 Å². The van der Waals surface area contributed by atoms with Gasteiger partial charge in [0.25, 0.3) is 0 Å². The van der Waals surface area contributed by atoms with E-state index in [0.717, 1.165) is 17.5 Å². The first-order valence-electron chi connectivity index (χ1n) is 8.20. The first-order valence-corrected chi connectivity index (χ1v) is 8.20. The Labute approximate surface area is 113 Å². The van der Waals surface area contributed by atoms with E-state index < -0.39 is 0 Å². The summed E-state index contributed by atoms with van der Waals surface area (Å²) < 4.78 is 0. The lowest BCUT2D eigenvalue weighted by atomic mass is 9.94. The van der Waals surface area contributed by atoms with E-state index in [0.29, 0.717) is 0 Å². The molecule has 0 amide bonds. The maximum atomic E-state index is 2.83. The van der Waals surface area contributed by atoms with Crippen molar-refractivity contribution in [3.8, 4) is 0 Å². The molecular formula is C16H30N2. The lowest BCUT2D eigenvalue weighted by molar-refractivity contribution is 0.00447. The molecule has 2 atom stereocenters. The molecule has 2 heterocycles. The van der Waals surface area contributed by atoms with Gasteiger partial charge in [0.2, 0.25) is 0 Å². The van der Waals surface area contributed by atoms with Gasteiger partial charge in [-0.15, -0.1) is 0 Å². The van der Waals surface area contributed by atoms with E-state index in [1.165, 1.54) is 71.1 Å². The van der Waals surface area contributed by atoms with Crippen LogP contribution in [0.1, 0.15) is 58.8 Å². The molecule has 2 unspecified atom stereocenters. The average molecular weight is 250 g/mol. The minimum atomic E-state index is 0.736. The Balaban J connectivity index is 1.59. The van der Waals surface area contributed by atoms with Crippen LogP contribution in [0.15, 0.2) is 0 Å². The number of hydrogen-bond acceptors (Lipinski definition) is 2. The highest BCUT2D eigenvalue weighted by molar-refractivity contribution is 4.98. The first kappa shape index (κ1) is 12.9. The average Bonchev–Trinajstić information content (AvgIpc) is 3.10. The lowest BCUT2D eigenvalue weighted by Crippen LogP contribution is -2.59. The SMILES string of the molecule is CCCC1(CN2CC3CCCCN3CC2C)CC1. The third kappa shape index (κ3) is 2.60. The van der Waals surface area contributed by atoms with Crippen LogP contribution in [-0.2, 0) is 0 Å². The van der Waals surface area contributed by atoms with Gasteiger partial charge < -0.3 is 0 Å².